The second-order valence-electron chi connectivity index (χ2n) is 5.70. The number of hydrogen-bond donors (Lipinski definition) is 1. The molecule has 4 amide bonds. The maximum atomic E-state index is 12.4. The molecule has 3 rings (SSSR count). The average molecular weight is 320 g/mol. The van der Waals surface area contributed by atoms with Gasteiger partial charge in [0.25, 0.3) is 5.91 Å². The smallest absolute Gasteiger partial charge is 0.324 e. The van der Waals surface area contributed by atoms with E-state index >= 15 is 0 Å². The summed E-state index contributed by atoms with van der Waals surface area (Å²) in [4.78, 5) is 41.2. The Morgan fingerprint density at radius 1 is 1.22 bits per heavy atom. The van der Waals surface area contributed by atoms with Gasteiger partial charge in [-0.2, -0.15) is 0 Å². The SMILES string of the molecule is C[C@@H](C(=O)N1CCNC1=O)N1CCN(C(=O)c2ccco2)CC1. The van der Waals surface area contributed by atoms with E-state index in [0.717, 1.165) is 0 Å². The summed E-state index contributed by atoms with van der Waals surface area (Å²) in [5.41, 5.74) is 0. The molecule has 0 aliphatic carbocycles. The van der Waals surface area contributed by atoms with E-state index in [1.54, 1.807) is 24.0 Å². The summed E-state index contributed by atoms with van der Waals surface area (Å²) >= 11 is 0. The van der Waals surface area contributed by atoms with E-state index in [-0.39, 0.29) is 23.9 Å². The number of nitrogens with zero attached hydrogens (tertiary/aromatic N) is 3. The van der Waals surface area contributed by atoms with E-state index in [1.165, 1.54) is 11.2 Å². The molecular formula is C15H20N4O4. The quantitative estimate of drug-likeness (QED) is 0.846. The van der Waals surface area contributed by atoms with E-state index in [0.29, 0.717) is 45.0 Å². The highest BCUT2D eigenvalue weighted by molar-refractivity contribution is 5.98. The summed E-state index contributed by atoms with van der Waals surface area (Å²) in [5.74, 6) is 0.00896. The van der Waals surface area contributed by atoms with Gasteiger partial charge in [0.1, 0.15) is 0 Å². The van der Waals surface area contributed by atoms with E-state index in [2.05, 4.69) is 5.32 Å². The number of carbonyl (C=O) groups is 3. The van der Waals surface area contributed by atoms with Crippen LogP contribution in [0, 0.1) is 0 Å². The fraction of sp³-hybridized carbons (Fsp3) is 0.533. The van der Waals surface area contributed by atoms with Gasteiger partial charge in [0, 0.05) is 39.3 Å². The molecule has 1 aromatic heterocycles. The highest BCUT2D eigenvalue weighted by Crippen LogP contribution is 2.13. The Balaban J connectivity index is 1.55. The number of imide groups is 1. The van der Waals surface area contributed by atoms with Gasteiger partial charge in [-0.15, -0.1) is 0 Å². The number of carbonyl (C=O) groups excluding carboxylic acids is 3. The first kappa shape index (κ1) is 15.5. The number of piperazine rings is 1. The van der Waals surface area contributed by atoms with Crippen LogP contribution in [0.25, 0.3) is 0 Å². The summed E-state index contributed by atoms with van der Waals surface area (Å²) in [7, 11) is 0. The monoisotopic (exact) mass is 320 g/mol. The van der Waals surface area contributed by atoms with Gasteiger partial charge in [-0.25, -0.2) is 4.79 Å². The third kappa shape index (κ3) is 3.07. The number of hydrogen-bond acceptors (Lipinski definition) is 5. The fourth-order valence-electron chi connectivity index (χ4n) is 2.93. The molecule has 0 radical (unpaired) electrons. The standard InChI is InChI=1S/C15H20N4O4/c1-11(13(20)19-5-4-16-15(19)22)17-6-8-18(9-7-17)14(21)12-3-2-10-23-12/h2-3,10-11H,4-9H2,1H3,(H,16,22)/t11-/m0/s1. The summed E-state index contributed by atoms with van der Waals surface area (Å²) < 4.78 is 5.13. The lowest BCUT2D eigenvalue weighted by atomic mass is 10.2. The normalized spacial score (nSPS) is 20.5. The topological polar surface area (TPSA) is 86.1 Å². The Morgan fingerprint density at radius 3 is 2.52 bits per heavy atom. The molecule has 0 spiro atoms. The minimum atomic E-state index is -0.375. The molecule has 8 nitrogen and oxygen atoms in total. The van der Waals surface area contributed by atoms with Crippen molar-refractivity contribution in [2.45, 2.75) is 13.0 Å². The van der Waals surface area contributed by atoms with Gasteiger partial charge in [0.05, 0.1) is 12.3 Å². The number of urea groups is 1. The Labute approximate surface area is 134 Å². The number of amides is 4. The highest BCUT2D eigenvalue weighted by atomic mass is 16.3. The van der Waals surface area contributed by atoms with Crippen LogP contribution in [0.15, 0.2) is 22.8 Å². The molecule has 0 saturated carbocycles. The van der Waals surface area contributed by atoms with Crippen molar-refractivity contribution in [1.29, 1.82) is 0 Å². The van der Waals surface area contributed by atoms with Gasteiger partial charge in [-0.3, -0.25) is 19.4 Å². The van der Waals surface area contributed by atoms with Crippen molar-refractivity contribution in [1.82, 2.24) is 20.0 Å². The van der Waals surface area contributed by atoms with Crippen molar-refractivity contribution >= 4 is 17.8 Å². The molecule has 1 aromatic rings. The largest absolute Gasteiger partial charge is 0.459 e. The van der Waals surface area contributed by atoms with Crippen molar-refractivity contribution in [3.63, 3.8) is 0 Å². The van der Waals surface area contributed by atoms with Crippen molar-refractivity contribution in [2.75, 3.05) is 39.3 Å². The van der Waals surface area contributed by atoms with Crippen molar-refractivity contribution in [2.24, 2.45) is 0 Å². The third-order valence-electron chi connectivity index (χ3n) is 4.36. The van der Waals surface area contributed by atoms with Crippen LogP contribution in [0.5, 0.6) is 0 Å². The van der Waals surface area contributed by atoms with E-state index in [9.17, 15) is 14.4 Å². The Morgan fingerprint density at radius 2 is 1.96 bits per heavy atom. The van der Waals surface area contributed by atoms with Gasteiger partial charge >= 0.3 is 6.03 Å². The Kier molecular flexibility index (Phi) is 4.33. The molecule has 23 heavy (non-hydrogen) atoms. The first-order valence-electron chi connectivity index (χ1n) is 7.74. The second kappa shape index (κ2) is 6.41. The van der Waals surface area contributed by atoms with Gasteiger partial charge in [-0.05, 0) is 19.1 Å². The van der Waals surface area contributed by atoms with Gasteiger partial charge in [0.15, 0.2) is 5.76 Å². The zero-order chi connectivity index (χ0) is 16.4. The number of furan rings is 1. The molecule has 2 aliphatic heterocycles. The summed E-state index contributed by atoms with van der Waals surface area (Å²) in [5, 5.41) is 2.63. The Bertz CT molecular complexity index is 593. The molecule has 3 heterocycles. The maximum Gasteiger partial charge on any atom is 0.324 e. The molecule has 2 saturated heterocycles. The predicted molar refractivity (Wildman–Crippen MR) is 80.8 cm³/mol. The van der Waals surface area contributed by atoms with Crippen LogP contribution in [0.1, 0.15) is 17.5 Å². The Hall–Kier alpha value is -2.35. The van der Waals surface area contributed by atoms with Crippen LogP contribution in [0.3, 0.4) is 0 Å². The third-order valence-corrected chi connectivity index (χ3v) is 4.36. The highest BCUT2D eigenvalue weighted by Gasteiger charge is 2.34. The van der Waals surface area contributed by atoms with E-state index < -0.39 is 0 Å². The summed E-state index contributed by atoms with van der Waals surface area (Å²) in [6.07, 6.45) is 1.48. The van der Waals surface area contributed by atoms with Crippen molar-refractivity contribution < 1.29 is 18.8 Å². The lowest BCUT2D eigenvalue weighted by molar-refractivity contribution is -0.133. The van der Waals surface area contributed by atoms with Gasteiger partial charge in [0.2, 0.25) is 5.91 Å². The van der Waals surface area contributed by atoms with Crippen LogP contribution in [-0.2, 0) is 4.79 Å². The van der Waals surface area contributed by atoms with Crippen LogP contribution in [0.4, 0.5) is 4.79 Å². The first-order valence-corrected chi connectivity index (χ1v) is 7.74. The summed E-state index contributed by atoms with van der Waals surface area (Å²) in [6.45, 7) is 4.97. The maximum absolute atomic E-state index is 12.4. The summed E-state index contributed by atoms with van der Waals surface area (Å²) in [6, 6.07) is 2.63. The minimum absolute atomic E-state index is 0.132. The molecule has 0 aromatic carbocycles. The molecule has 8 heteroatoms. The number of rotatable bonds is 3. The molecule has 1 atom stereocenters. The zero-order valence-corrected chi connectivity index (χ0v) is 13.0. The average Bonchev–Trinajstić information content (AvgIpc) is 3.24. The molecular weight excluding hydrogens is 300 g/mol. The lowest BCUT2D eigenvalue weighted by Crippen LogP contribution is -2.55. The minimum Gasteiger partial charge on any atom is -0.459 e. The first-order chi connectivity index (χ1) is 11.1. The van der Waals surface area contributed by atoms with Crippen LogP contribution >= 0.6 is 0 Å². The zero-order valence-electron chi connectivity index (χ0n) is 13.0. The van der Waals surface area contributed by atoms with Gasteiger partial charge < -0.3 is 14.6 Å². The predicted octanol–water partition coefficient (Wildman–Crippen LogP) is -0.0223. The second-order valence-corrected chi connectivity index (χ2v) is 5.70. The van der Waals surface area contributed by atoms with E-state index in [1.807, 2.05) is 4.90 Å². The van der Waals surface area contributed by atoms with Crippen LogP contribution in [0.2, 0.25) is 0 Å². The van der Waals surface area contributed by atoms with Crippen LogP contribution in [-0.4, -0.2) is 77.9 Å². The fourth-order valence-corrected chi connectivity index (χ4v) is 2.93. The van der Waals surface area contributed by atoms with Gasteiger partial charge in [-0.1, -0.05) is 0 Å². The number of nitrogens with one attached hydrogen (secondary N) is 1. The molecule has 2 aliphatic rings. The lowest BCUT2D eigenvalue weighted by Gasteiger charge is -2.37. The molecule has 1 N–H and O–H groups in total. The van der Waals surface area contributed by atoms with Crippen molar-refractivity contribution in [3.05, 3.63) is 24.2 Å². The van der Waals surface area contributed by atoms with Crippen molar-refractivity contribution in [3.8, 4) is 0 Å². The van der Waals surface area contributed by atoms with E-state index in [4.69, 9.17) is 4.42 Å². The molecule has 0 unspecified atom stereocenters. The molecule has 2 fully saturated rings. The van der Waals surface area contributed by atoms with Crippen LogP contribution < -0.4 is 5.32 Å². The molecule has 124 valence electrons. The molecule has 0 bridgehead atoms.